The van der Waals surface area contributed by atoms with Gasteiger partial charge in [0.25, 0.3) is 0 Å². The quantitative estimate of drug-likeness (QED) is 0.922. The molecule has 18 heavy (non-hydrogen) atoms. The molecular formula is C14H13ClFNO. The van der Waals surface area contributed by atoms with Crippen LogP contribution >= 0.6 is 11.6 Å². The summed E-state index contributed by atoms with van der Waals surface area (Å²) in [6.45, 7) is 0. The van der Waals surface area contributed by atoms with E-state index in [1.807, 2.05) is 12.1 Å². The number of pyridine rings is 1. The van der Waals surface area contributed by atoms with E-state index in [-0.39, 0.29) is 5.82 Å². The SMILES string of the molecule is OC(Cc1cccnc1)Cc1ccc(F)cc1Cl. The normalized spacial score (nSPS) is 12.4. The van der Waals surface area contributed by atoms with Gasteiger partial charge in [-0.15, -0.1) is 0 Å². The molecule has 0 aliphatic heterocycles. The largest absolute Gasteiger partial charge is 0.392 e. The highest BCUT2D eigenvalue weighted by molar-refractivity contribution is 6.31. The van der Waals surface area contributed by atoms with Crippen molar-refractivity contribution in [1.82, 2.24) is 4.98 Å². The predicted octanol–water partition coefficient (Wildman–Crippen LogP) is 3.02. The van der Waals surface area contributed by atoms with Crippen molar-refractivity contribution in [3.63, 3.8) is 0 Å². The smallest absolute Gasteiger partial charge is 0.124 e. The summed E-state index contributed by atoms with van der Waals surface area (Å²) >= 11 is 5.91. The van der Waals surface area contributed by atoms with Crippen LogP contribution in [0, 0.1) is 5.82 Å². The van der Waals surface area contributed by atoms with Gasteiger partial charge in [-0.1, -0.05) is 23.7 Å². The third kappa shape index (κ3) is 3.52. The number of hydrogen-bond acceptors (Lipinski definition) is 2. The molecule has 2 aromatic rings. The van der Waals surface area contributed by atoms with Crippen molar-refractivity contribution in [2.45, 2.75) is 18.9 Å². The van der Waals surface area contributed by atoms with E-state index in [0.717, 1.165) is 11.1 Å². The molecule has 0 aliphatic carbocycles. The summed E-state index contributed by atoms with van der Waals surface area (Å²) < 4.78 is 12.9. The van der Waals surface area contributed by atoms with E-state index in [2.05, 4.69) is 4.98 Å². The fraction of sp³-hybridized carbons (Fsp3) is 0.214. The fourth-order valence-corrected chi connectivity index (χ4v) is 2.05. The topological polar surface area (TPSA) is 33.1 Å². The molecule has 1 unspecified atom stereocenters. The molecule has 0 spiro atoms. The van der Waals surface area contributed by atoms with Crippen molar-refractivity contribution in [2.75, 3.05) is 0 Å². The molecule has 1 atom stereocenters. The second kappa shape index (κ2) is 5.94. The van der Waals surface area contributed by atoms with E-state index in [9.17, 15) is 9.50 Å². The Morgan fingerprint density at radius 3 is 2.78 bits per heavy atom. The summed E-state index contributed by atoms with van der Waals surface area (Å²) in [5.41, 5.74) is 1.71. The van der Waals surface area contributed by atoms with Crippen LogP contribution < -0.4 is 0 Å². The molecule has 2 rings (SSSR count). The van der Waals surface area contributed by atoms with Gasteiger partial charge in [-0.2, -0.15) is 0 Å². The van der Waals surface area contributed by atoms with Crippen molar-refractivity contribution < 1.29 is 9.50 Å². The molecule has 0 saturated carbocycles. The number of rotatable bonds is 4. The minimum Gasteiger partial charge on any atom is -0.392 e. The van der Waals surface area contributed by atoms with Gasteiger partial charge < -0.3 is 5.11 Å². The number of benzene rings is 1. The number of hydrogen-bond donors (Lipinski definition) is 1. The second-order valence-corrected chi connectivity index (χ2v) is 4.57. The Kier molecular flexibility index (Phi) is 4.28. The highest BCUT2D eigenvalue weighted by atomic mass is 35.5. The zero-order valence-electron chi connectivity index (χ0n) is 9.68. The van der Waals surface area contributed by atoms with Gasteiger partial charge >= 0.3 is 0 Å². The molecule has 0 saturated heterocycles. The monoisotopic (exact) mass is 265 g/mol. The molecule has 2 nitrogen and oxygen atoms in total. The van der Waals surface area contributed by atoms with Crippen LogP contribution in [-0.4, -0.2) is 16.2 Å². The maximum absolute atomic E-state index is 12.9. The number of aliphatic hydroxyl groups excluding tert-OH is 1. The first kappa shape index (κ1) is 13.0. The van der Waals surface area contributed by atoms with Gasteiger partial charge in [0.05, 0.1) is 6.10 Å². The maximum atomic E-state index is 12.9. The van der Waals surface area contributed by atoms with Crippen LogP contribution in [-0.2, 0) is 12.8 Å². The van der Waals surface area contributed by atoms with E-state index in [0.29, 0.717) is 17.9 Å². The molecular weight excluding hydrogens is 253 g/mol. The molecule has 0 amide bonds. The third-order valence-corrected chi connectivity index (χ3v) is 3.02. The van der Waals surface area contributed by atoms with Crippen LogP contribution in [0.5, 0.6) is 0 Å². The third-order valence-electron chi connectivity index (χ3n) is 2.66. The van der Waals surface area contributed by atoms with Crippen molar-refractivity contribution in [2.24, 2.45) is 0 Å². The van der Waals surface area contributed by atoms with Gasteiger partial charge in [0.2, 0.25) is 0 Å². The molecule has 1 aromatic carbocycles. The van der Waals surface area contributed by atoms with E-state index in [4.69, 9.17) is 11.6 Å². The molecule has 0 radical (unpaired) electrons. The van der Waals surface area contributed by atoms with Gasteiger partial charge in [0.1, 0.15) is 5.82 Å². The molecule has 1 heterocycles. The standard InChI is InChI=1S/C14H13ClFNO/c15-14-8-12(16)4-3-11(14)7-13(18)6-10-2-1-5-17-9-10/h1-5,8-9,13,18H,6-7H2. The number of aromatic nitrogens is 1. The molecule has 1 N–H and O–H groups in total. The Hall–Kier alpha value is -1.45. The zero-order valence-corrected chi connectivity index (χ0v) is 10.4. The van der Waals surface area contributed by atoms with Crippen LogP contribution in [0.2, 0.25) is 5.02 Å². The fourth-order valence-electron chi connectivity index (χ4n) is 1.80. The van der Waals surface area contributed by atoms with Crippen LogP contribution in [0.1, 0.15) is 11.1 Å². The van der Waals surface area contributed by atoms with E-state index in [1.165, 1.54) is 12.1 Å². The molecule has 0 aliphatic rings. The summed E-state index contributed by atoms with van der Waals surface area (Å²) in [7, 11) is 0. The highest BCUT2D eigenvalue weighted by Crippen LogP contribution is 2.19. The Bertz CT molecular complexity index is 518. The van der Waals surface area contributed by atoms with E-state index < -0.39 is 6.10 Å². The molecule has 0 bridgehead atoms. The highest BCUT2D eigenvalue weighted by Gasteiger charge is 2.10. The van der Waals surface area contributed by atoms with Crippen molar-refractivity contribution >= 4 is 11.6 Å². The van der Waals surface area contributed by atoms with Crippen molar-refractivity contribution in [3.8, 4) is 0 Å². The lowest BCUT2D eigenvalue weighted by Crippen LogP contribution is -2.14. The summed E-state index contributed by atoms with van der Waals surface area (Å²) in [6.07, 6.45) is 3.75. The van der Waals surface area contributed by atoms with Crippen LogP contribution in [0.3, 0.4) is 0 Å². The first-order valence-electron chi connectivity index (χ1n) is 5.66. The average Bonchev–Trinajstić information content (AvgIpc) is 2.34. The Labute approximate surface area is 110 Å². The molecule has 94 valence electrons. The van der Waals surface area contributed by atoms with Crippen molar-refractivity contribution in [3.05, 3.63) is 64.7 Å². The van der Waals surface area contributed by atoms with Crippen LogP contribution in [0.15, 0.2) is 42.7 Å². The molecule has 4 heteroatoms. The number of halogens is 2. The van der Waals surface area contributed by atoms with Gasteiger partial charge in [0, 0.05) is 30.3 Å². The van der Waals surface area contributed by atoms with E-state index >= 15 is 0 Å². The van der Waals surface area contributed by atoms with Gasteiger partial charge in [-0.3, -0.25) is 4.98 Å². The van der Waals surface area contributed by atoms with Gasteiger partial charge in [-0.25, -0.2) is 4.39 Å². The Morgan fingerprint density at radius 2 is 2.11 bits per heavy atom. The summed E-state index contributed by atoms with van der Waals surface area (Å²) in [6, 6.07) is 7.94. The first-order valence-corrected chi connectivity index (χ1v) is 6.04. The summed E-state index contributed by atoms with van der Waals surface area (Å²) in [5, 5.41) is 10.3. The number of nitrogens with zero attached hydrogens (tertiary/aromatic N) is 1. The average molecular weight is 266 g/mol. The number of aliphatic hydroxyl groups is 1. The van der Waals surface area contributed by atoms with E-state index in [1.54, 1.807) is 18.5 Å². The maximum Gasteiger partial charge on any atom is 0.124 e. The first-order chi connectivity index (χ1) is 8.65. The Balaban J connectivity index is 2.01. The lowest BCUT2D eigenvalue weighted by molar-refractivity contribution is 0.175. The lowest BCUT2D eigenvalue weighted by atomic mass is 10.0. The molecule has 0 fully saturated rings. The minimum absolute atomic E-state index is 0.347. The van der Waals surface area contributed by atoms with Gasteiger partial charge in [0.15, 0.2) is 0 Å². The predicted molar refractivity (Wildman–Crippen MR) is 69.1 cm³/mol. The minimum atomic E-state index is -0.558. The lowest BCUT2D eigenvalue weighted by Gasteiger charge is -2.11. The van der Waals surface area contributed by atoms with Crippen LogP contribution in [0.4, 0.5) is 4.39 Å². The van der Waals surface area contributed by atoms with Crippen molar-refractivity contribution in [1.29, 1.82) is 0 Å². The summed E-state index contributed by atoms with van der Waals surface area (Å²) in [5.74, 6) is -0.370. The Morgan fingerprint density at radius 1 is 1.28 bits per heavy atom. The van der Waals surface area contributed by atoms with Crippen LogP contribution in [0.25, 0.3) is 0 Å². The summed E-state index contributed by atoms with van der Waals surface area (Å²) in [4.78, 5) is 3.99. The zero-order chi connectivity index (χ0) is 13.0. The second-order valence-electron chi connectivity index (χ2n) is 4.16. The van der Waals surface area contributed by atoms with Gasteiger partial charge in [-0.05, 0) is 29.3 Å². The molecule has 1 aromatic heterocycles.